The van der Waals surface area contributed by atoms with Gasteiger partial charge >= 0.3 is 11.9 Å². The molecule has 1 unspecified atom stereocenters. The van der Waals surface area contributed by atoms with Gasteiger partial charge in [-0.2, -0.15) is 0 Å². The number of carbonyl (C=O) groups excluding carboxylic acids is 3. The maximum absolute atomic E-state index is 11.2. The van der Waals surface area contributed by atoms with Crippen molar-refractivity contribution in [3.63, 3.8) is 0 Å². The van der Waals surface area contributed by atoms with E-state index in [4.69, 9.17) is 14.2 Å². The Balaban J connectivity index is 3.08. The summed E-state index contributed by atoms with van der Waals surface area (Å²) in [6, 6.07) is -1.13. The van der Waals surface area contributed by atoms with E-state index in [1.807, 2.05) is 0 Å². The molecule has 21 heavy (non-hydrogen) atoms. The summed E-state index contributed by atoms with van der Waals surface area (Å²) in [5, 5.41) is 21.5. The van der Waals surface area contributed by atoms with Gasteiger partial charge in [-0.3, -0.25) is 14.4 Å². The van der Waals surface area contributed by atoms with Crippen LogP contribution >= 0.6 is 0 Å². The molecular weight excluding hydrogens is 286 g/mol. The van der Waals surface area contributed by atoms with E-state index < -0.39 is 55.1 Å². The Morgan fingerprint density at radius 3 is 2.05 bits per heavy atom. The zero-order chi connectivity index (χ0) is 16.2. The van der Waals surface area contributed by atoms with E-state index in [1.54, 1.807) is 0 Å². The van der Waals surface area contributed by atoms with Gasteiger partial charge in [-0.05, 0) is 0 Å². The third-order valence-corrected chi connectivity index (χ3v) is 2.82. The number of esters is 2. The number of amides is 1. The van der Waals surface area contributed by atoms with Crippen molar-refractivity contribution in [2.24, 2.45) is 0 Å². The zero-order valence-corrected chi connectivity index (χ0v) is 11.9. The number of aliphatic hydroxyl groups is 2. The van der Waals surface area contributed by atoms with Crippen LogP contribution in [0.2, 0.25) is 0 Å². The summed E-state index contributed by atoms with van der Waals surface area (Å²) in [7, 11) is 0. The van der Waals surface area contributed by atoms with Crippen LogP contribution in [0, 0.1) is 0 Å². The first kappa shape index (κ1) is 17.3. The lowest BCUT2D eigenvalue weighted by atomic mass is 9.96. The molecule has 1 heterocycles. The Morgan fingerprint density at radius 2 is 1.62 bits per heavy atom. The van der Waals surface area contributed by atoms with Crippen molar-refractivity contribution in [3.05, 3.63) is 0 Å². The molecule has 9 nitrogen and oxygen atoms in total. The van der Waals surface area contributed by atoms with Gasteiger partial charge in [-0.25, -0.2) is 0 Å². The van der Waals surface area contributed by atoms with E-state index >= 15 is 0 Å². The SMILES string of the molecule is CC(=O)N[C@H]1[C@@H](OC(C)=O)[C@H](OC(C)=O)C(CO)O[C@@H]1O. The average Bonchev–Trinajstić information content (AvgIpc) is 2.35. The lowest BCUT2D eigenvalue weighted by Crippen LogP contribution is -2.65. The minimum atomic E-state index is -1.53. The normalized spacial score (nSPS) is 32.1. The third kappa shape index (κ3) is 4.66. The predicted octanol–water partition coefficient (Wildman–Crippen LogP) is -1.94. The quantitative estimate of drug-likeness (QED) is 0.511. The fraction of sp³-hybridized carbons (Fsp3) is 0.750. The van der Waals surface area contributed by atoms with Crippen molar-refractivity contribution >= 4 is 17.8 Å². The molecule has 0 radical (unpaired) electrons. The molecular formula is C12H19NO8. The van der Waals surface area contributed by atoms with Crippen molar-refractivity contribution in [1.29, 1.82) is 0 Å². The lowest BCUT2D eigenvalue weighted by Gasteiger charge is -2.43. The third-order valence-electron chi connectivity index (χ3n) is 2.82. The number of hydrogen-bond donors (Lipinski definition) is 3. The highest BCUT2D eigenvalue weighted by Gasteiger charge is 2.49. The minimum absolute atomic E-state index is 0.496. The fourth-order valence-corrected chi connectivity index (χ4v) is 2.12. The van der Waals surface area contributed by atoms with Crippen molar-refractivity contribution in [3.8, 4) is 0 Å². The number of carbonyl (C=O) groups is 3. The second-order valence-corrected chi connectivity index (χ2v) is 4.62. The van der Waals surface area contributed by atoms with Gasteiger partial charge in [0.1, 0.15) is 12.1 Å². The molecule has 1 fully saturated rings. The van der Waals surface area contributed by atoms with Crippen LogP contribution in [-0.2, 0) is 28.6 Å². The first-order chi connectivity index (χ1) is 9.76. The summed E-state index contributed by atoms with van der Waals surface area (Å²) in [6.07, 6.45) is -4.95. The summed E-state index contributed by atoms with van der Waals surface area (Å²) in [5.41, 5.74) is 0. The molecule has 0 aliphatic carbocycles. The fourth-order valence-electron chi connectivity index (χ4n) is 2.12. The van der Waals surface area contributed by atoms with Crippen LogP contribution in [0.25, 0.3) is 0 Å². The first-order valence-corrected chi connectivity index (χ1v) is 6.32. The van der Waals surface area contributed by atoms with Gasteiger partial charge in [0.2, 0.25) is 5.91 Å². The van der Waals surface area contributed by atoms with Gasteiger partial charge in [-0.1, -0.05) is 0 Å². The highest BCUT2D eigenvalue weighted by molar-refractivity contribution is 5.73. The van der Waals surface area contributed by atoms with Crippen LogP contribution < -0.4 is 5.32 Å². The highest BCUT2D eigenvalue weighted by Crippen LogP contribution is 2.25. The standard InChI is InChI=1S/C12H19NO8/c1-5(15)13-9-11(20-7(3)17)10(19-6(2)16)8(4-14)21-12(9)18/h8-12,14,18H,4H2,1-3H3,(H,13,15)/t8?,9-,10+,11+,12-/m0/s1. The molecule has 1 aliphatic heterocycles. The van der Waals surface area contributed by atoms with Crippen LogP contribution in [0.15, 0.2) is 0 Å². The molecule has 1 rings (SSSR count). The number of nitrogens with one attached hydrogen (secondary N) is 1. The van der Waals surface area contributed by atoms with Crippen molar-refractivity contribution in [1.82, 2.24) is 5.32 Å². The van der Waals surface area contributed by atoms with Crippen LogP contribution in [0.4, 0.5) is 0 Å². The lowest BCUT2D eigenvalue weighted by molar-refractivity contribution is -0.263. The number of rotatable bonds is 4. The topological polar surface area (TPSA) is 131 Å². The monoisotopic (exact) mass is 305 g/mol. The Hall–Kier alpha value is -1.71. The zero-order valence-electron chi connectivity index (χ0n) is 11.9. The molecule has 5 atom stereocenters. The van der Waals surface area contributed by atoms with Crippen molar-refractivity contribution < 1.29 is 38.8 Å². The van der Waals surface area contributed by atoms with Gasteiger partial charge in [0.25, 0.3) is 0 Å². The van der Waals surface area contributed by atoms with Gasteiger partial charge in [0.15, 0.2) is 18.5 Å². The van der Waals surface area contributed by atoms with Crippen LogP contribution in [0.3, 0.4) is 0 Å². The van der Waals surface area contributed by atoms with Crippen molar-refractivity contribution in [2.45, 2.75) is 51.4 Å². The molecule has 0 bridgehead atoms. The van der Waals surface area contributed by atoms with Gasteiger partial charge in [0, 0.05) is 20.8 Å². The maximum Gasteiger partial charge on any atom is 0.303 e. The molecule has 120 valence electrons. The largest absolute Gasteiger partial charge is 0.456 e. The van der Waals surface area contributed by atoms with Gasteiger partial charge in [-0.15, -0.1) is 0 Å². The summed E-state index contributed by atoms with van der Waals surface area (Å²) >= 11 is 0. The minimum Gasteiger partial charge on any atom is -0.456 e. The molecule has 9 heteroatoms. The molecule has 0 aromatic rings. The Kier molecular flexibility index (Phi) is 6.06. The molecule has 0 aromatic heterocycles. The predicted molar refractivity (Wildman–Crippen MR) is 66.7 cm³/mol. The van der Waals surface area contributed by atoms with E-state index in [9.17, 15) is 24.6 Å². The first-order valence-electron chi connectivity index (χ1n) is 6.32. The Bertz CT molecular complexity index is 412. The van der Waals surface area contributed by atoms with E-state index in [2.05, 4.69) is 5.32 Å². The highest BCUT2D eigenvalue weighted by atomic mass is 16.7. The van der Waals surface area contributed by atoms with Crippen LogP contribution in [0.1, 0.15) is 20.8 Å². The number of ether oxygens (including phenoxy) is 3. The Morgan fingerprint density at radius 1 is 1.10 bits per heavy atom. The molecule has 1 aliphatic rings. The van der Waals surface area contributed by atoms with Crippen molar-refractivity contribution in [2.75, 3.05) is 6.61 Å². The van der Waals surface area contributed by atoms with Gasteiger partial charge in [0.05, 0.1) is 6.61 Å². The molecule has 1 amide bonds. The van der Waals surface area contributed by atoms with Crippen LogP contribution in [-0.4, -0.2) is 65.3 Å². The number of aliphatic hydroxyl groups excluding tert-OH is 2. The smallest absolute Gasteiger partial charge is 0.303 e. The van der Waals surface area contributed by atoms with E-state index in [-0.39, 0.29) is 0 Å². The molecule has 0 aromatic carbocycles. The molecule has 0 saturated carbocycles. The van der Waals surface area contributed by atoms with E-state index in [1.165, 1.54) is 6.92 Å². The number of hydrogen-bond acceptors (Lipinski definition) is 8. The van der Waals surface area contributed by atoms with E-state index in [0.29, 0.717) is 0 Å². The second-order valence-electron chi connectivity index (χ2n) is 4.62. The molecule has 3 N–H and O–H groups in total. The van der Waals surface area contributed by atoms with E-state index in [0.717, 1.165) is 13.8 Å². The second kappa shape index (κ2) is 7.34. The average molecular weight is 305 g/mol. The van der Waals surface area contributed by atoms with Crippen LogP contribution in [0.5, 0.6) is 0 Å². The summed E-state index contributed by atoms with van der Waals surface area (Å²) < 4.78 is 15.1. The maximum atomic E-state index is 11.2. The van der Waals surface area contributed by atoms with Gasteiger partial charge < -0.3 is 29.7 Å². The summed E-state index contributed by atoms with van der Waals surface area (Å²) in [4.78, 5) is 33.6. The molecule has 1 saturated heterocycles. The summed E-state index contributed by atoms with van der Waals surface area (Å²) in [5.74, 6) is -1.88. The molecule has 0 spiro atoms. The Labute approximate surface area is 121 Å². The summed E-state index contributed by atoms with van der Waals surface area (Å²) in [6.45, 7) is 2.90.